The Hall–Kier alpha value is -1.22. The first-order valence-corrected chi connectivity index (χ1v) is 9.36. The number of allylic oxidation sites excluding steroid dienone is 1. The van der Waals surface area contributed by atoms with Crippen molar-refractivity contribution in [3.63, 3.8) is 0 Å². The molecule has 0 bridgehead atoms. The highest BCUT2D eigenvalue weighted by Gasteiger charge is 2.32. The topological polar surface area (TPSA) is 47.9 Å². The normalized spacial score (nSPS) is 12.3. The summed E-state index contributed by atoms with van der Waals surface area (Å²) in [6.45, 7) is 8.37. The minimum absolute atomic E-state index is 0.307. The van der Waals surface area contributed by atoms with Gasteiger partial charge in [0.15, 0.2) is 5.45 Å². The fourth-order valence-electron chi connectivity index (χ4n) is 1.98. The number of hydrogen-bond donors (Lipinski definition) is 0. The quantitative estimate of drug-likeness (QED) is 0.451. The van der Waals surface area contributed by atoms with E-state index < -0.39 is 7.60 Å². The molecular weight excluding hydrogens is 297 g/mol. The van der Waals surface area contributed by atoms with Crippen LogP contribution in [0.25, 0.3) is 0 Å². The van der Waals surface area contributed by atoms with E-state index in [4.69, 9.17) is 9.05 Å². The molecule has 122 valence electrons. The van der Waals surface area contributed by atoms with E-state index in [0.29, 0.717) is 18.7 Å². The lowest BCUT2D eigenvalue weighted by Gasteiger charge is -2.19. The van der Waals surface area contributed by atoms with Gasteiger partial charge in [-0.2, -0.15) is 0 Å². The van der Waals surface area contributed by atoms with Gasteiger partial charge in [-0.3, -0.25) is 4.57 Å². The Labute approximate surface area is 133 Å². The molecule has 0 aromatic heterocycles. The molecule has 0 amide bonds. The first-order valence-electron chi connectivity index (χ1n) is 7.82. The third kappa shape index (κ3) is 5.20. The summed E-state index contributed by atoms with van der Waals surface area (Å²) in [6, 6.07) is 9.42. The zero-order valence-electron chi connectivity index (χ0n) is 13.9. The van der Waals surface area contributed by atoms with Crippen molar-refractivity contribution >= 4 is 13.0 Å². The molecular formula is C17H26NO3P. The van der Waals surface area contributed by atoms with Crippen LogP contribution in [-0.2, 0) is 13.6 Å². The van der Waals surface area contributed by atoms with Gasteiger partial charge in [0.1, 0.15) is 0 Å². The standard InChI is InChI=1S/C17H26NO3P/c1-5-15(6-2)14-18-17(16-12-10-9-11-13-16)22(19,20-7-3)21-8-4/h9-14H,5-8H2,1-4H3. The van der Waals surface area contributed by atoms with Gasteiger partial charge in [0, 0.05) is 11.8 Å². The Kier molecular flexibility index (Phi) is 8.32. The van der Waals surface area contributed by atoms with Crippen molar-refractivity contribution in [1.82, 2.24) is 0 Å². The monoisotopic (exact) mass is 323 g/mol. The van der Waals surface area contributed by atoms with Gasteiger partial charge in [0.25, 0.3) is 0 Å². The lowest BCUT2D eigenvalue weighted by molar-refractivity contribution is 0.232. The SMILES string of the molecule is CCOP(=O)(OCC)C(=NC=C(CC)CC)c1ccccc1. The van der Waals surface area contributed by atoms with Gasteiger partial charge in [0.05, 0.1) is 13.2 Å². The van der Waals surface area contributed by atoms with Crippen molar-refractivity contribution in [2.75, 3.05) is 13.2 Å². The predicted octanol–water partition coefficient (Wildman–Crippen LogP) is 5.40. The van der Waals surface area contributed by atoms with E-state index >= 15 is 0 Å². The molecule has 0 aliphatic rings. The molecule has 0 N–H and O–H groups in total. The Morgan fingerprint density at radius 3 is 2.05 bits per heavy atom. The van der Waals surface area contributed by atoms with E-state index in [0.717, 1.165) is 18.4 Å². The van der Waals surface area contributed by atoms with E-state index in [1.807, 2.05) is 30.3 Å². The molecule has 22 heavy (non-hydrogen) atoms. The van der Waals surface area contributed by atoms with Crippen molar-refractivity contribution in [3.8, 4) is 0 Å². The van der Waals surface area contributed by atoms with Gasteiger partial charge < -0.3 is 9.05 Å². The van der Waals surface area contributed by atoms with Crippen LogP contribution in [0, 0.1) is 0 Å². The summed E-state index contributed by atoms with van der Waals surface area (Å²) in [6.07, 6.45) is 3.61. The molecule has 0 aliphatic heterocycles. The zero-order chi connectivity index (χ0) is 16.4. The predicted molar refractivity (Wildman–Crippen MR) is 92.5 cm³/mol. The van der Waals surface area contributed by atoms with E-state index in [9.17, 15) is 4.57 Å². The van der Waals surface area contributed by atoms with Gasteiger partial charge >= 0.3 is 7.60 Å². The summed E-state index contributed by atoms with van der Waals surface area (Å²) in [7, 11) is -3.42. The Bertz CT molecular complexity index is 536. The third-order valence-electron chi connectivity index (χ3n) is 3.17. The average Bonchev–Trinajstić information content (AvgIpc) is 2.53. The minimum atomic E-state index is -3.42. The second-order valence-electron chi connectivity index (χ2n) is 4.65. The first-order chi connectivity index (χ1) is 10.6. The first kappa shape index (κ1) is 18.8. The summed E-state index contributed by atoms with van der Waals surface area (Å²) >= 11 is 0. The summed E-state index contributed by atoms with van der Waals surface area (Å²) < 4.78 is 24.0. The van der Waals surface area contributed by atoms with E-state index in [-0.39, 0.29) is 0 Å². The van der Waals surface area contributed by atoms with Crippen LogP contribution in [0.15, 0.2) is 47.1 Å². The minimum Gasteiger partial charge on any atom is -0.304 e. The molecule has 0 heterocycles. The number of hydrogen-bond acceptors (Lipinski definition) is 4. The van der Waals surface area contributed by atoms with Crippen LogP contribution in [0.4, 0.5) is 0 Å². The maximum atomic E-state index is 13.1. The fraction of sp³-hybridized carbons (Fsp3) is 0.471. The Morgan fingerprint density at radius 2 is 1.59 bits per heavy atom. The summed E-state index contributed by atoms with van der Waals surface area (Å²) in [4.78, 5) is 4.49. The molecule has 0 fully saturated rings. The van der Waals surface area contributed by atoms with Gasteiger partial charge in [0.2, 0.25) is 0 Å². The van der Waals surface area contributed by atoms with E-state index in [1.165, 1.54) is 5.57 Å². The molecule has 0 unspecified atom stereocenters. The number of benzene rings is 1. The number of nitrogens with zero attached hydrogens (tertiary/aromatic N) is 1. The summed E-state index contributed by atoms with van der Waals surface area (Å²) in [5, 5.41) is 0. The van der Waals surface area contributed by atoms with Crippen LogP contribution in [0.5, 0.6) is 0 Å². The van der Waals surface area contributed by atoms with Crippen LogP contribution < -0.4 is 0 Å². The largest absolute Gasteiger partial charge is 0.380 e. The lowest BCUT2D eigenvalue weighted by atomic mass is 10.2. The average molecular weight is 323 g/mol. The van der Waals surface area contributed by atoms with Crippen molar-refractivity contribution < 1.29 is 13.6 Å². The van der Waals surface area contributed by atoms with Crippen molar-refractivity contribution in [1.29, 1.82) is 0 Å². The molecule has 1 rings (SSSR count). The lowest BCUT2D eigenvalue weighted by Crippen LogP contribution is -2.08. The van der Waals surface area contributed by atoms with E-state index in [1.54, 1.807) is 20.0 Å². The zero-order valence-corrected chi connectivity index (χ0v) is 14.8. The molecule has 5 heteroatoms. The van der Waals surface area contributed by atoms with Gasteiger partial charge in [-0.05, 0) is 26.7 Å². The second kappa shape index (κ2) is 9.73. The smallest absolute Gasteiger partial charge is 0.304 e. The molecule has 0 atom stereocenters. The molecule has 1 aromatic rings. The molecule has 1 aromatic carbocycles. The fourth-order valence-corrected chi connectivity index (χ4v) is 3.64. The van der Waals surface area contributed by atoms with E-state index in [2.05, 4.69) is 18.8 Å². The Morgan fingerprint density at radius 1 is 1.05 bits per heavy atom. The van der Waals surface area contributed by atoms with Crippen molar-refractivity contribution in [3.05, 3.63) is 47.7 Å². The summed E-state index contributed by atoms with van der Waals surface area (Å²) in [5.41, 5.74) is 2.32. The molecule has 0 saturated heterocycles. The van der Waals surface area contributed by atoms with Crippen LogP contribution in [0.2, 0.25) is 0 Å². The van der Waals surface area contributed by atoms with Crippen molar-refractivity contribution in [2.24, 2.45) is 4.99 Å². The molecule has 0 saturated carbocycles. The van der Waals surface area contributed by atoms with Crippen LogP contribution in [0.1, 0.15) is 46.1 Å². The molecule has 0 aliphatic carbocycles. The molecule has 0 radical (unpaired) electrons. The maximum absolute atomic E-state index is 13.1. The van der Waals surface area contributed by atoms with Gasteiger partial charge in [-0.1, -0.05) is 49.8 Å². The molecule has 0 spiro atoms. The third-order valence-corrected chi connectivity index (χ3v) is 5.26. The Balaban J connectivity index is 3.36. The highest BCUT2D eigenvalue weighted by Crippen LogP contribution is 2.51. The maximum Gasteiger partial charge on any atom is 0.380 e. The van der Waals surface area contributed by atoms with Crippen molar-refractivity contribution in [2.45, 2.75) is 40.5 Å². The highest BCUT2D eigenvalue weighted by atomic mass is 31.2. The molecule has 4 nitrogen and oxygen atoms in total. The van der Waals surface area contributed by atoms with Crippen LogP contribution in [-0.4, -0.2) is 18.7 Å². The number of aliphatic imine (C=N–C) groups is 1. The van der Waals surface area contributed by atoms with Crippen LogP contribution in [0.3, 0.4) is 0 Å². The van der Waals surface area contributed by atoms with Gasteiger partial charge in [-0.25, -0.2) is 4.99 Å². The van der Waals surface area contributed by atoms with Gasteiger partial charge in [-0.15, -0.1) is 0 Å². The van der Waals surface area contributed by atoms with Crippen LogP contribution >= 0.6 is 7.60 Å². The number of rotatable bonds is 9. The highest BCUT2D eigenvalue weighted by molar-refractivity contribution is 7.73. The second-order valence-corrected chi connectivity index (χ2v) is 6.58. The summed E-state index contributed by atoms with van der Waals surface area (Å²) in [5.74, 6) is 0.